The highest BCUT2D eigenvalue weighted by atomic mass is 35.5. The van der Waals surface area contributed by atoms with Crippen molar-refractivity contribution in [3.8, 4) is 21.6 Å². The van der Waals surface area contributed by atoms with Crippen LogP contribution < -0.4 is 0 Å². The van der Waals surface area contributed by atoms with Crippen LogP contribution >= 0.6 is 34.5 Å². The normalized spacial score (nSPS) is 10.9. The molecule has 0 bridgehead atoms. The van der Waals surface area contributed by atoms with Gasteiger partial charge in [0.05, 0.1) is 10.0 Å². The van der Waals surface area contributed by atoms with Gasteiger partial charge in [-0.3, -0.25) is 0 Å². The average molecular weight is 341 g/mol. The van der Waals surface area contributed by atoms with Crippen molar-refractivity contribution in [2.24, 2.45) is 0 Å². The molecule has 3 rings (SSSR count). The van der Waals surface area contributed by atoms with E-state index in [9.17, 15) is 8.78 Å². The van der Waals surface area contributed by atoms with Gasteiger partial charge in [-0.25, -0.2) is 8.78 Å². The van der Waals surface area contributed by atoms with E-state index in [0.29, 0.717) is 0 Å². The first-order chi connectivity index (χ1) is 10.0. The molecule has 0 N–H and O–H groups in total. The summed E-state index contributed by atoms with van der Waals surface area (Å²) in [6.45, 7) is 0. The molecule has 0 unspecified atom stereocenters. The number of thiophene rings is 1. The number of hydrogen-bond acceptors (Lipinski definition) is 1. The van der Waals surface area contributed by atoms with Crippen LogP contribution in [0.2, 0.25) is 10.0 Å². The lowest BCUT2D eigenvalue weighted by Gasteiger charge is -2.00. The van der Waals surface area contributed by atoms with E-state index < -0.39 is 11.6 Å². The van der Waals surface area contributed by atoms with Crippen LogP contribution in [0, 0.1) is 11.6 Å². The molecule has 21 heavy (non-hydrogen) atoms. The molecule has 0 aliphatic carbocycles. The molecule has 1 aromatic heterocycles. The molecule has 1 heterocycles. The second kappa shape index (κ2) is 5.76. The Bertz CT molecular complexity index is 746. The summed E-state index contributed by atoms with van der Waals surface area (Å²) in [7, 11) is 0. The van der Waals surface area contributed by atoms with E-state index in [4.69, 9.17) is 23.2 Å². The Hall–Kier alpha value is -1.42. The standard InChI is InChI=1S/C16H8Cl2F2S/c17-12-5-9(1-3-14(12)19)11-7-16(21-8-11)10-2-4-15(20)13(18)6-10/h1-8H. The van der Waals surface area contributed by atoms with Crippen molar-refractivity contribution in [3.63, 3.8) is 0 Å². The maximum Gasteiger partial charge on any atom is 0.141 e. The Morgan fingerprint density at radius 2 is 1.29 bits per heavy atom. The van der Waals surface area contributed by atoms with Gasteiger partial charge in [0.2, 0.25) is 0 Å². The molecular weight excluding hydrogens is 333 g/mol. The lowest BCUT2D eigenvalue weighted by molar-refractivity contribution is 0.628. The second-order valence-corrected chi connectivity index (χ2v) is 6.18. The summed E-state index contributed by atoms with van der Waals surface area (Å²) in [5.41, 5.74) is 2.60. The van der Waals surface area contributed by atoms with Gasteiger partial charge in [-0.1, -0.05) is 35.3 Å². The van der Waals surface area contributed by atoms with Crippen molar-refractivity contribution in [2.75, 3.05) is 0 Å². The predicted octanol–water partition coefficient (Wildman–Crippen LogP) is 6.67. The number of halogens is 4. The van der Waals surface area contributed by atoms with Crippen LogP contribution in [0.1, 0.15) is 0 Å². The van der Waals surface area contributed by atoms with Crippen LogP contribution in [0.25, 0.3) is 21.6 Å². The fourth-order valence-corrected chi connectivity index (χ4v) is 3.24. The van der Waals surface area contributed by atoms with Gasteiger partial charge in [0.15, 0.2) is 0 Å². The first kappa shape index (κ1) is 14.5. The molecule has 0 aliphatic rings. The monoisotopic (exact) mass is 340 g/mol. The van der Waals surface area contributed by atoms with Gasteiger partial charge in [-0.2, -0.15) is 0 Å². The van der Waals surface area contributed by atoms with E-state index in [1.54, 1.807) is 24.3 Å². The molecule has 0 amide bonds. The SMILES string of the molecule is Fc1ccc(-c2csc(-c3ccc(F)c(Cl)c3)c2)cc1Cl. The zero-order valence-corrected chi connectivity index (χ0v) is 12.9. The van der Waals surface area contributed by atoms with E-state index in [1.165, 1.54) is 23.5 Å². The van der Waals surface area contributed by atoms with Gasteiger partial charge in [-0.15, -0.1) is 11.3 Å². The first-order valence-electron chi connectivity index (χ1n) is 6.04. The zero-order chi connectivity index (χ0) is 15.0. The zero-order valence-electron chi connectivity index (χ0n) is 10.5. The highest BCUT2D eigenvalue weighted by Crippen LogP contribution is 2.35. The van der Waals surface area contributed by atoms with Gasteiger partial charge in [0.1, 0.15) is 11.6 Å². The summed E-state index contributed by atoms with van der Waals surface area (Å²) in [4.78, 5) is 0.951. The van der Waals surface area contributed by atoms with Crippen molar-refractivity contribution in [2.45, 2.75) is 0 Å². The van der Waals surface area contributed by atoms with Gasteiger partial charge >= 0.3 is 0 Å². The van der Waals surface area contributed by atoms with Crippen LogP contribution in [-0.4, -0.2) is 0 Å². The minimum atomic E-state index is -0.443. The number of rotatable bonds is 2. The molecular formula is C16H8Cl2F2S. The third-order valence-electron chi connectivity index (χ3n) is 3.06. The highest BCUT2D eigenvalue weighted by Gasteiger charge is 2.09. The Labute approximate surface area is 134 Å². The molecule has 2 aromatic carbocycles. The minimum Gasteiger partial charge on any atom is -0.205 e. The van der Waals surface area contributed by atoms with Crippen LogP contribution in [-0.2, 0) is 0 Å². The molecule has 0 aliphatic heterocycles. The van der Waals surface area contributed by atoms with E-state index in [0.717, 1.165) is 21.6 Å². The fourth-order valence-electron chi connectivity index (χ4n) is 1.96. The van der Waals surface area contributed by atoms with Crippen molar-refractivity contribution < 1.29 is 8.78 Å². The Morgan fingerprint density at radius 1 is 0.714 bits per heavy atom. The molecule has 5 heteroatoms. The number of benzene rings is 2. The van der Waals surface area contributed by atoms with Crippen LogP contribution in [0.5, 0.6) is 0 Å². The molecule has 0 saturated heterocycles. The van der Waals surface area contributed by atoms with Crippen molar-refractivity contribution in [1.29, 1.82) is 0 Å². The van der Waals surface area contributed by atoms with Crippen LogP contribution in [0.15, 0.2) is 47.8 Å². The summed E-state index contributed by atoms with van der Waals surface area (Å²) in [6.07, 6.45) is 0. The second-order valence-electron chi connectivity index (χ2n) is 4.46. The molecule has 0 spiro atoms. The third kappa shape index (κ3) is 2.95. The van der Waals surface area contributed by atoms with Crippen LogP contribution in [0.4, 0.5) is 8.78 Å². The molecule has 0 saturated carbocycles. The number of hydrogen-bond donors (Lipinski definition) is 0. The third-order valence-corrected chi connectivity index (χ3v) is 4.62. The van der Waals surface area contributed by atoms with Crippen LogP contribution in [0.3, 0.4) is 0 Å². The summed E-state index contributed by atoms with van der Waals surface area (Å²) in [5, 5.41) is 2.12. The summed E-state index contributed by atoms with van der Waals surface area (Å²) in [6, 6.07) is 11.1. The molecule has 0 radical (unpaired) electrons. The van der Waals surface area contributed by atoms with E-state index >= 15 is 0 Å². The van der Waals surface area contributed by atoms with Crippen molar-refractivity contribution in [3.05, 3.63) is 69.5 Å². The smallest absolute Gasteiger partial charge is 0.141 e. The van der Waals surface area contributed by atoms with E-state index in [1.807, 2.05) is 11.4 Å². The molecule has 106 valence electrons. The highest BCUT2D eigenvalue weighted by molar-refractivity contribution is 7.14. The van der Waals surface area contributed by atoms with E-state index in [-0.39, 0.29) is 10.0 Å². The van der Waals surface area contributed by atoms with Crippen molar-refractivity contribution in [1.82, 2.24) is 0 Å². The minimum absolute atomic E-state index is 0.0880. The quantitative estimate of drug-likeness (QED) is 0.488. The van der Waals surface area contributed by atoms with Crippen molar-refractivity contribution >= 4 is 34.5 Å². The molecule has 3 aromatic rings. The molecule has 0 nitrogen and oxygen atoms in total. The van der Waals surface area contributed by atoms with Gasteiger partial charge in [0.25, 0.3) is 0 Å². The van der Waals surface area contributed by atoms with Gasteiger partial charge < -0.3 is 0 Å². The maximum absolute atomic E-state index is 13.2. The Balaban J connectivity index is 1.99. The molecule has 0 atom stereocenters. The summed E-state index contributed by atoms with van der Waals surface area (Å²) >= 11 is 13.1. The lowest BCUT2D eigenvalue weighted by Crippen LogP contribution is -1.79. The van der Waals surface area contributed by atoms with Gasteiger partial charge in [-0.05, 0) is 52.4 Å². The topological polar surface area (TPSA) is 0 Å². The molecule has 0 fully saturated rings. The summed E-state index contributed by atoms with van der Waals surface area (Å²) < 4.78 is 26.4. The Morgan fingerprint density at radius 3 is 1.90 bits per heavy atom. The van der Waals surface area contributed by atoms with Gasteiger partial charge in [0, 0.05) is 4.88 Å². The fraction of sp³-hybridized carbons (Fsp3) is 0. The predicted molar refractivity (Wildman–Crippen MR) is 85.1 cm³/mol. The Kier molecular flexibility index (Phi) is 3.98. The van der Waals surface area contributed by atoms with E-state index in [2.05, 4.69) is 0 Å². The first-order valence-corrected chi connectivity index (χ1v) is 7.67. The lowest BCUT2D eigenvalue weighted by atomic mass is 10.1. The average Bonchev–Trinajstić information content (AvgIpc) is 2.94. The maximum atomic E-state index is 13.2. The largest absolute Gasteiger partial charge is 0.205 e. The summed E-state index contributed by atoms with van der Waals surface area (Å²) in [5.74, 6) is -0.885.